The first-order chi connectivity index (χ1) is 9.49. The lowest BCUT2D eigenvalue weighted by atomic mass is 10.1. The zero-order chi connectivity index (χ0) is 14.7. The monoisotopic (exact) mass is 354 g/mol. The van der Waals surface area contributed by atoms with Crippen LogP contribution in [-0.4, -0.2) is 17.0 Å². The van der Waals surface area contributed by atoms with Crippen LogP contribution in [0.15, 0.2) is 40.2 Å². The molecule has 5 nitrogen and oxygen atoms in total. The summed E-state index contributed by atoms with van der Waals surface area (Å²) in [6.07, 6.45) is 0. The van der Waals surface area contributed by atoms with E-state index in [1.807, 2.05) is 0 Å². The first-order valence-corrected chi connectivity index (χ1v) is 7.28. The number of carboxylic acid groups (broad SMARTS) is 1. The van der Waals surface area contributed by atoms with Gasteiger partial charge in [-0.15, -0.1) is 11.3 Å². The minimum atomic E-state index is -1.03. The van der Waals surface area contributed by atoms with E-state index in [1.165, 1.54) is 11.3 Å². The Balaban J connectivity index is 2.38. The molecule has 0 aliphatic carbocycles. The van der Waals surface area contributed by atoms with Crippen LogP contribution in [0.2, 0.25) is 0 Å². The zero-order valence-corrected chi connectivity index (χ0v) is 12.6. The van der Waals surface area contributed by atoms with E-state index in [-0.39, 0.29) is 5.56 Å². The molecule has 1 heterocycles. The third-order valence-electron chi connectivity index (χ3n) is 2.62. The summed E-state index contributed by atoms with van der Waals surface area (Å²) in [5, 5.41) is 14.0. The van der Waals surface area contributed by atoms with Crippen LogP contribution in [0.4, 0.5) is 5.69 Å². The second-order valence-corrected chi connectivity index (χ2v) is 5.88. The molecule has 0 saturated carbocycles. The van der Waals surface area contributed by atoms with E-state index in [9.17, 15) is 14.7 Å². The van der Waals surface area contributed by atoms with Crippen LogP contribution in [0, 0.1) is 0 Å². The van der Waals surface area contributed by atoms with Gasteiger partial charge in [-0.05, 0) is 29.6 Å². The number of hydrogen-bond acceptors (Lipinski definition) is 4. The molecule has 104 valence electrons. The lowest BCUT2D eigenvalue weighted by Crippen LogP contribution is -2.22. The number of carbonyl (C=O) groups excluding carboxylic acids is 1. The number of nitrogens with two attached hydrogens (primary N) is 1. The van der Waals surface area contributed by atoms with Gasteiger partial charge in [0.05, 0.1) is 5.56 Å². The molecule has 4 N–H and O–H groups in total. The number of halogens is 1. The van der Waals surface area contributed by atoms with E-state index >= 15 is 0 Å². The van der Waals surface area contributed by atoms with Crippen molar-refractivity contribution in [2.75, 3.05) is 5.32 Å². The quantitative estimate of drug-likeness (QED) is 0.769. The molecular formula is C13H11BrN2O3S. The summed E-state index contributed by atoms with van der Waals surface area (Å²) in [5.41, 5.74) is 5.92. The van der Waals surface area contributed by atoms with E-state index in [0.717, 1.165) is 4.47 Å². The highest BCUT2D eigenvalue weighted by molar-refractivity contribution is 9.10. The van der Waals surface area contributed by atoms with Crippen molar-refractivity contribution >= 4 is 44.8 Å². The maximum Gasteiger partial charge on any atom is 0.331 e. The molecule has 2 rings (SSSR count). The molecule has 1 aromatic carbocycles. The average Bonchev–Trinajstić information content (AvgIpc) is 2.88. The van der Waals surface area contributed by atoms with Gasteiger partial charge in [-0.25, -0.2) is 4.79 Å². The number of aliphatic carboxylic acids is 1. The van der Waals surface area contributed by atoms with Gasteiger partial charge in [0.1, 0.15) is 0 Å². The van der Waals surface area contributed by atoms with Gasteiger partial charge in [0.2, 0.25) is 0 Å². The highest BCUT2D eigenvalue weighted by Crippen LogP contribution is 2.28. The smallest absolute Gasteiger partial charge is 0.331 e. The second kappa shape index (κ2) is 6.06. The predicted octanol–water partition coefficient (Wildman–Crippen LogP) is 2.85. The maximum absolute atomic E-state index is 11.4. The molecule has 2 aromatic rings. The van der Waals surface area contributed by atoms with Crippen molar-refractivity contribution < 1.29 is 14.7 Å². The van der Waals surface area contributed by atoms with E-state index in [2.05, 4.69) is 21.2 Å². The van der Waals surface area contributed by atoms with E-state index in [4.69, 9.17) is 5.73 Å². The molecule has 0 saturated heterocycles. The number of primary amides is 1. The molecular weight excluding hydrogens is 344 g/mol. The van der Waals surface area contributed by atoms with Gasteiger partial charge in [-0.1, -0.05) is 22.0 Å². The minimum absolute atomic E-state index is 0.246. The van der Waals surface area contributed by atoms with Crippen molar-refractivity contribution in [1.82, 2.24) is 0 Å². The summed E-state index contributed by atoms with van der Waals surface area (Å²) >= 11 is 4.61. The van der Waals surface area contributed by atoms with Crippen molar-refractivity contribution in [3.8, 4) is 0 Å². The first-order valence-electron chi connectivity index (χ1n) is 5.61. The van der Waals surface area contributed by atoms with Crippen LogP contribution in [-0.2, 0) is 4.79 Å². The summed E-state index contributed by atoms with van der Waals surface area (Å²) in [4.78, 5) is 23.4. The average molecular weight is 355 g/mol. The third kappa shape index (κ3) is 3.17. The molecule has 0 radical (unpaired) electrons. The number of amides is 1. The highest BCUT2D eigenvalue weighted by atomic mass is 79.9. The number of nitrogens with one attached hydrogen (secondary N) is 1. The lowest BCUT2D eigenvalue weighted by molar-refractivity contribution is -0.138. The lowest BCUT2D eigenvalue weighted by Gasteiger charge is -2.16. The van der Waals surface area contributed by atoms with Crippen LogP contribution in [0.3, 0.4) is 0 Å². The van der Waals surface area contributed by atoms with Crippen molar-refractivity contribution in [1.29, 1.82) is 0 Å². The molecule has 0 fully saturated rings. The molecule has 1 amide bonds. The number of benzene rings is 1. The van der Waals surface area contributed by atoms with Gasteiger partial charge in [-0.3, -0.25) is 4.79 Å². The molecule has 1 unspecified atom stereocenters. The fourth-order valence-corrected chi connectivity index (χ4v) is 2.84. The first kappa shape index (κ1) is 14.5. The molecule has 0 aliphatic heterocycles. The van der Waals surface area contributed by atoms with Crippen molar-refractivity contribution in [3.63, 3.8) is 0 Å². The Bertz CT molecular complexity index is 643. The normalized spacial score (nSPS) is 11.8. The van der Waals surface area contributed by atoms with Crippen LogP contribution in [0.5, 0.6) is 0 Å². The molecule has 0 aliphatic rings. The largest absolute Gasteiger partial charge is 0.479 e. The van der Waals surface area contributed by atoms with Gasteiger partial charge in [-0.2, -0.15) is 0 Å². The number of anilines is 1. The number of carbonyl (C=O) groups is 2. The Morgan fingerprint density at radius 2 is 2.10 bits per heavy atom. The number of carboxylic acids is 1. The van der Waals surface area contributed by atoms with E-state index in [0.29, 0.717) is 10.6 Å². The van der Waals surface area contributed by atoms with Gasteiger partial charge >= 0.3 is 5.97 Å². The summed E-state index contributed by atoms with van der Waals surface area (Å²) in [7, 11) is 0. The second-order valence-electron chi connectivity index (χ2n) is 3.99. The van der Waals surface area contributed by atoms with Gasteiger partial charge in [0.25, 0.3) is 5.91 Å². The number of thiophene rings is 1. The highest BCUT2D eigenvalue weighted by Gasteiger charge is 2.22. The topological polar surface area (TPSA) is 92.4 Å². The summed E-state index contributed by atoms with van der Waals surface area (Å²) < 4.78 is 0.723. The number of hydrogen-bond donors (Lipinski definition) is 3. The van der Waals surface area contributed by atoms with Crippen molar-refractivity contribution in [2.45, 2.75) is 6.04 Å². The summed E-state index contributed by atoms with van der Waals surface area (Å²) in [6, 6.07) is 7.41. The fraction of sp³-hybridized carbons (Fsp3) is 0.0769. The minimum Gasteiger partial charge on any atom is -0.479 e. The summed E-state index contributed by atoms with van der Waals surface area (Å²) in [6.45, 7) is 0. The molecule has 7 heteroatoms. The Morgan fingerprint density at radius 3 is 2.65 bits per heavy atom. The van der Waals surface area contributed by atoms with Crippen molar-refractivity contribution in [2.24, 2.45) is 5.73 Å². The SMILES string of the molecule is NC(=O)c1ccc(Br)cc1NC(C(=O)O)c1cccs1. The van der Waals surface area contributed by atoms with Crippen LogP contribution in [0.25, 0.3) is 0 Å². The van der Waals surface area contributed by atoms with E-state index in [1.54, 1.807) is 35.7 Å². The zero-order valence-electron chi connectivity index (χ0n) is 10.2. The molecule has 1 aromatic heterocycles. The Kier molecular flexibility index (Phi) is 4.41. The van der Waals surface area contributed by atoms with Crippen molar-refractivity contribution in [3.05, 3.63) is 50.6 Å². The summed E-state index contributed by atoms with van der Waals surface area (Å²) in [5.74, 6) is -1.64. The molecule has 0 spiro atoms. The van der Waals surface area contributed by atoms with Crippen LogP contribution in [0.1, 0.15) is 21.3 Å². The third-order valence-corrected chi connectivity index (χ3v) is 4.05. The molecule has 0 bridgehead atoms. The maximum atomic E-state index is 11.4. The standard InChI is InChI=1S/C13H11BrN2O3S/c14-7-3-4-8(12(15)17)9(6-7)16-11(13(18)19)10-2-1-5-20-10/h1-6,11,16H,(H2,15,17)(H,18,19). The molecule has 20 heavy (non-hydrogen) atoms. The van der Waals surface area contributed by atoms with Gasteiger partial charge in [0, 0.05) is 15.0 Å². The Morgan fingerprint density at radius 1 is 1.35 bits per heavy atom. The fourth-order valence-electron chi connectivity index (χ4n) is 1.72. The van der Waals surface area contributed by atoms with Crippen LogP contribution >= 0.6 is 27.3 Å². The predicted molar refractivity (Wildman–Crippen MR) is 81.0 cm³/mol. The number of rotatable bonds is 5. The van der Waals surface area contributed by atoms with E-state index < -0.39 is 17.9 Å². The van der Waals surface area contributed by atoms with Gasteiger partial charge in [0.15, 0.2) is 6.04 Å². The molecule has 1 atom stereocenters. The Hall–Kier alpha value is -1.86. The van der Waals surface area contributed by atoms with Gasteiger partial charge < -0.3 is 16.2 Å². The van der Waals surface area contributed by atoms with Crippen LogP contribution < -0.4 is 11.1 Å². The Labute approximate surface area is 127 Å².